The van der Waals surface area contributed by atoms with Crippen LogP contribution in [0.1, 0.15) is 44.5 Å². The summed E-state index contributed by atoms with van der Waals surface area (Å²) in [5.74, 6) is 2.48. The maximum Gasteiger partial charge on any atom is 0.145 e. The second-order valence-electron chi connectivity index (χ2n) is 4.91. The summed E-state index contributed by atoms with van der Waals surface area (Å²) in [6, 6.07) is 2.20. The van der Waals surface area contributed by atoms with Crippen molar-refractivity contribution in [3.8, 4) is 0 Å². The van der Waals surface area contributed by atoms with Crippen LogP contribution in [-0.4, -0.2) is 17.0 Å². The van der Waals surface area contributed by atoms with E-state index in [1.807, 2.05) is 25.5 Å². The first-order chi connectivity index (χ1) is 7.81. The summed E-state index contributed by atoms with van der Waals surface area (Å²) in [6.07, 6.45) is 8.98. The fraction of sp³-hybridized carbons (Fsp3) is 0.692. The van der Waals surface area contributed by atoms with Crippen LogP contribution in [0.2, 0.25) is 0 Å². The molecule has 1 N–H and O–H groups in total. The van der Waals surface area contributed by atoms with Crippen LogP contribution in [0.3, 0.4) is 0 Å². The maximum atomic E-state index is 4.38. The molecule has 3 atom stereocenters. The van der Waals surface area contributed by atoms with Crippen LogP contribution in [-0.2, 0) is 0 Å². The van der Waals surface area contributed by atoms with Gasteiger partial charge in [0.25, 0.3) is 0 Å². The van der Waals surface area contributed by atoms with Gasteiger partial charge in [0.05, 0.1) is 6.04 Å². The molecule has 88 valence electrons. The van der Waals surface area contributed by atoms with Crippen molar-refractivity contribution >= 4 is 0 Å². The molecule has 1 aromatic rings. The monoisotopic (exact) mass is 219 g/mol. The zero-order chi connectivity index (χ0) is 11.4. The molecule has 3 unspecified atom stereocenters. The fourth-order valence-electron chi connectivity index (χ4n) is 2.83. The second kappa shape index (κ2) is 5.39. The molecule has 0 aromatic carbocycles. The number of aromatic nitrogens is 2. The number of rotatable bonds is 3. The molecule has 1 saturated carbocycles. The van der Waals surface area contributed by atoms with Gasteiger partial charge in [-0.2, -0.15) is 0 Å². The van der Waals surface area contributed by atoms with Gasteiger partial charge in [-0.3, -0.25) is 0 Å². The molecular weight excluding hydrogens is 198 g/mol. The Kier molecular flexibility index (Phi) is 3.88. The summed E-state index contributed by atoms with van der Waals surface area (Å²) >= 11 is 0. The van der Waals surface area contributed by atoms with Crippen LogP contribution in [0.5, 0.6) is 0 Å². The van der Waals surface area contributed by atoms with E-state index in [0.29, 0.717) is 12.0 Å². The van der Waals surface area contributed by atoms with Gasteiger partial charge in [0, 0.05) is 12.4 Å². The molecule has 0 amide bonds. The van der Waals surface area contributed by atoms with Gasteiger partial charge in [0.15, 0.2) is 0 Å². The van der Waals surface area contributed by atoms with E-state index in [0.717, 1.165) is 11.7 Å². The van der Waals surface area contributed by atoms with Crippen LogP contribution in [0.25, 0.3) is 0 Å². The third-order valence-corrected chi connectivity index (χ3v) is 3.62. The van der Waals surface area contributed by atoms with Gasteiger partial charge < -0.3 is 5.32 Å². The minimum absolute atomic E-state index is 0.323. The molecule has 1 aromatic heterocycles. The molecule has 1 fully saturated rings. The number of hydrogen-bond acceptors (Lipinski definition) is 3. The van der Waals surface area contributed by atoms with Gasteiger partial charge in [-0.15, -0.1) is 0 Å². The van der Waals surface area contributed by atoms with E-state index in [1.54, 1.807) is 0 Å². The van der Waals surface area contributed by atoms with Gasteiger partial charge in [-0.05, 0) is 37.8 Å². The Labute approximate surface area is 97.7 Å². The first kappa shape index (κ1) is 11.5. The molecule has 0 spiro atoms. The van der Waals surface area contributed by atoms with E-state index < -0.39 is 0 Å². The molecular formula is C13H21N3. The maximum absolute atomic E-state index is 4.38. The molecule has 0 aliphatic heterocycles. The topological polar surface area (TPSA) is 37.8 Å². The first-order valence-electron chi connectivity index (χ1n) is 6.25. The third kappa shape index (κ3) is 2.59. The van der Waals surface area contributed by atoms with Crippen LogP contribution in [0.4, 0.5) is 0 Å². The zero-order valence-corrected chi connectivity index (χ0v) is 10.2. The van der Waals surface area contributed by atoms with Gasteiger partial charge in [-0.1, -0.05) is 19.8 Å². The van der Waals surface area contributed by atoms with Crippen molar-refractivity contribution < 1.29 is 0 Å². The Morgan fingerprint density at radius 2 is 2.06 bits per heavy atom. The standard InChI is InChI=1S/C13H21N3/c1-10-5-3-6-11(9-10)12(14-2)13-15-7-4-8-16-13/h4,7-8,10-12,14H,3,5-6,9H2,1-2H3. The molecule has 1 heterocycles. The molecule has 0 bridgehead atoms. The average Bonchev–Trinajstić information content (AvgIpc) is 2.31. The lowest BCUT2D eigenvalue weighted by Gasteiger charge is -2.32. The van der Waals surface area contributed by atoms with Gasteiger partial charge in [0.2, 0.25) is 0 Å². The number of nitrogens with one attached hydrogen (secondary N) is 1. The highest BCUT2D eigenvalue weighted by Gasteiger charge is 2.28. The van der Waals surface area contributed by atoms with Crippen molar-refractivity contribution in [1.82, 2.24) is 15.3 Å². The molecule has 16 heavy (non-hydrogen) atoms. The van der Waals surface area contributed by atoms with Crippen molar-refractivity contribution in [1.29, 1.82) is 0 Å². The summed E-state index contributed by atoms with van der Waals surface area (Å²) < 4.78 is 0. The van der Waals surface area contributed by atoms with Crippen molar-refractivity contribution in [3.05, 3.63) is 24.3 Å². The Balaban J connectivity index is 2.10. The predicted molar refractivity (Wildman–Crippen MR) is 65.0 cm³/mol. The van der Waals surface area contributed by atoms with Crippen molar-refractivity contribution in [3.63, 3.8) is 0 Å². The minimum atomic E-state index is 0.323. The third-order valence-electron chi connectivity index (χ3n) is 3.62. The molecule has 2 rings (SSSR count). The summed E-state index contributed by atoms with van der Waals surface area (Å²) in [5, 5.41) is 3.38. The highest BCUT2D eigenvalue weighted by atomic mass is 15.0. The van der Waals surface area contributed by atoms with Crippen molar-refractivity contribution in [2.45, 2.75) is 38.6 Å². The van der Waals surface area contributed by atoms with Crippen molar-refractivity contribution in [2.75, 3.05) is 7.05 Å². The molecule has 1 aliphatic carbocycles. The predicted octanol–water partition coefficient (Wildman–Crippen LogP) is 2.56. The van der Waals surface area contributed by atoms with Gasteiger partial charge in [-0.25, -0.2) is 9.97 Å². The average molecular weight is 219 g/mol. The van der Waals surface area contributed by atoms with Crippen LogP contribution in [0.15, 0.2) is 18.5 Å². The Morgan fingerprint density at radius 3 is 2.69 bits per heavy atom. The number of nitrogens with zero attached hydrogens (tertiary/aromatic N) is 2. The first-order valence-corrected chi connectivity index (χ1v) is 6.25. The zero-order valence-electron chi connectivity index (χ0n) is 10.2. The largest absolute Gasteiger partial charge is 0.310 e. The summed E-state index contributed by atoms with van der Waals surface area (Å²) in [4.78, 5) is 8.75. The van der Waals surface area contributed by atoms with Crippen LogP contribution in [0, 0.1) is 11.8 Å². The van der Waals surface area contributed by atoms with E-state index in [2.05, 4.69) is 22.2 Å². The van der Waals surface area contributed by atoms with E-state index in [9.17, 15) is 0 Å². The molecule has 0 radical (unpaired) electrons. The van der Waals surface area contributed by atoms with Gasteiger partial charge >= 0.3 is 0 Å². The van der Waals surface area contributed by atoms with Crippen molar-refractivity contribution in [2.24, 2.45) is 11.8 Å². The normalized spacial score (nSPS) is 27.6. The Morgan fingerprint density at radius 1 is 1.31 bits per heavy atom. The number of hydrogen-bond donors (Lipinski definition) is 1. The van der Waals surface area contributed by atoms with E-state index in [1.165, 1.54) is 25.7 Å². The van der Waals surface area contributed by atoms with E-state index in [4.69, 9.17) is 0 Å². The molecule has 3 nitrogen and oxygen atoms in total. The summed E-state index contributed by atoms with van der Waals surface area (Å²) in [6.45, 7) is 2.35. The lowest BCUT2D eigenvalue weighted by molar-refractivity contribution is 0.224. The minimum Gasteiger partial charge on any atom is -0.310 e. The lowest BCUT2D eigenvalue weighted by Crippen LogP contribution is -2.30. The fourth-order valence-corrected chi connectivity index (χ4v) is 2.83. The van der Waals surface area contributed by atoms with E-state index in [-0.39, 0.29) is 0 Å². The second-order valence-corrected chi connectivity index (χ2v) is 4.91. The van der Waals surface area contributed by atoms with Gasteiger partial charge in [0.1, 0.15) is 5.82 Å². The van der Waals surface area contributed by atoms with Crippen LogP contribution < -0.4 is 5.32 Å². The molecule has 1 aliphatic rings. The Bertz CT molecular complexity index is 312. The SMILES string of the molecule is CNC(c1ncccn1)C1CCCC(C)C1. The Hall–Kier alpha value is -0.960. The molecule has 0 saturated heterocycles. The van der Waals surface area contributed by atoms with E-state index >= 15 is 0 Å². The lowest BCUT2D eigenvalue weighted by atomic mass is 9.78. The smallest absolute Gasteiger partial charge is 0.145 e. The highest BCUT2D eigenvalue weighted by molar-refractivity contribution is 4.99. The summed E-state index contributed by atoms with van der Waals surface area (Å²) in [7, 11) is 2.01. The highest BCUT2D eigenvalue weighted by Crippen LogP contribution is 2.35. The molecule has 3 heteroatoms. The summed E-state index contributed by atoms with van der Waals surface area (Å²) in [5.41, 5.74) is 0. The quantitative estimate of drug-likeness (QED) is 0.849. The van der Waals surface area contributed by atoms with Crippen LogP contribution >= 0.6 is 0 Å².